The molecule has 1 rings (SSSR count). The van der Waals surface area contributed by atoms with Crippen molar-refractivity contribution in [3.8, 4) is 0 Å². The van der Waals surface area contributed by atoms with Gasteiger partial charge in [-0.25, -0.2) is 0 Å². The fourth-order valence-corrected chi connectivity index (χ4v) is 1.34. The van der Waals surface area contributed by atoms with E-state index in [0.29, 0.717) is 12.1 Å². The molecule has 0 radical (unpaired) electrons. The van der Waals surface area contributed by atoms with Crippen LogP contribution in [0.1, 0.15) is 32.4 Å². The molecule has 0 unspecified atom stereocenters. The molecule has 1 N–H and O–H groups in total. The minimum absolute atomic E-state index is 0.308. The predicted molar refractivity (Wildman–Crippen MR) is 61.7 cm³/mol. The zero-order chi connectivity index (χ0) is 11.1. The number of hydrogen-bond donors (Lipinski definition) is 1. The van der Waals surface area contributed by atoms with E-state index in [1.807, 2.05) is 38.4 Å². The number of rotatable bonds is 6. The second kappa shape index (κ2) is 6.53. The van der Waals surface area contributed by atoms with Crippen LogP contribution in [0.25, 0.3) is 0 Å². The molecule has 3 heteroatoms. The summed E-state index contributed by atoms with van der Waals surface area (Å²) >= 11 is 0. The summed E-state index contributed by atoms with van der Waals surface area (Å²) in [5.41, 5.74) is 1.26. The molecule has 1 aromatic rings. The van der Waals surface area contributed by atoms with Gasteiger partial charge in [0.2, 0.25) is 0 Å². The zero-order valence-electron chi connectivity index (χ0n) is 9.73. The molecule has 0 aromatic carbocycles. The smallest absolute Gasteiger partial charge is 0.0594 e. The Balaban J connectivity index is 2.22. The maximum absolute atomic E-state index is 5.45. The molecule has 0 aliphatic heterocycles. The first-order valence-corrected chi connectivity index (χ1v) is 5.45. The molecular formula is C12H20N2O. The number of pyridine rings is 1. The first kappa shape index (κ1) is 12.1. The van der Waals surface area contributed by atoms with Gasteiger partial charge >= 0.3 is 0 Å². The van der Waals surface area contributed by atoms with Crippen LogP contribution < -0.4 is 5.32 Å². The second-order valence-corrected chi connectivity index (χ2v) is 3.88. The SMILES string of the molecule is CC(C)OCCN[C@@H](C)c1ccncc1. The van der Waals surface area contributed by atoms with Crippen LogP contribution in [-0.2, 0) is 4.74 Å². The molecule has 0 saturated carbocycles. The van der Waals surface area contributed by atoms with Gasteiger partial charge in [-0.1, -0.05) is 0 Å². The molecule has 0 saturated heterocycles. The quantitative estimate of drug-likeness (QED) is 0.727. The molecule has 1 heterocycles. The van der Waals surface area contributed by atoms with Gasteiger partial charge in [-0.15, -0.1) is 0 Å². The van der Waals surface area contributed by atoms with Crippen LogP contribution >= 0.6 is 0 Å². The largest absolute Gasteiger partial charge is 0.377 e. The van der Waals surface area contributed by atoms with Crippen molar-refractivity contribution < 1.29 is 4.74 Å². The van der Waals surface area contributed by atoms with E-state index in [1.165, 1.54) is 5.56 Å². The summed E-state index contributed by atoms with van der Waals surface area (Å²) in [4.78, 5) is 3.99. The van der Waals surface area contributed by atoms with E-state index in [9.17, 15) is 0 Å². The Labute approximate surface area is 91.9 Å². The van der Waals surface area contributed by atoms with Gasteiger partial charge in [0.25, 0.3) is 0 Å². The summed E-state index contributed by atoms with van der Waals surface area (Å²) < 4.78 is 5.45. The molecule has 0 fully saturated rings. The van der Waals surface area contributed by atoms with Gasteiger partial charge in [0.05, 0.1) is 12.7 Å². The van der Waals surface area contributed by atoms with Crippen molar-refractivity contribution in [2.75, 3.05) is 13.2 Å². The van der Waals surface area contributed by atoms with Gasteiger partial charge in [-0.05, 0) is 38.5 Å². The van der Waals surface area contributed by atoms with Crippen LogP contribution in [0.2, 0.25) is 0 Å². The van der Waals surface area contributed by atoms with Crippen LogP contribution in [0.4, 0.5) is 0 Å². The Hall–Kier alpha value is -0.930. The summed E-state index contributed by atoms with van der Waals surface area (Å²) in [5.74, 6) is 0. The summed E-state index contributed by atoms with van der Waals surface area (Å²) in [6.07, 6.45) is 3.94. The fourth-order valence-electron chi connectivity index (χ4n) is 1.34. The number of nitrogens with zero attached hydrogens (tertiary/aromatic N) is 1. The van der Waals surface area contributed by atoms with Gasteiger partial charge in [0, 0.05) is 25.0 Å². The second-order valence-electron chi connectivity index (χ2n) is 3.88. The minimum atomic E-state index is 0.308. The predicted octanol–water partition coefficient (Wildman–Crippen LogP) is 2.16. The maximum atomic E-state index is 5.45. The standard InChI is InChI=1S/C12H20N2O/c1-10(2)15-9-8-14-11(3)12-4-6-13-7-5-12/h4-7,10-11,14H,8-9H2,1-3H3/t11-/m0/s1. The Morgan fingerprint density at radius 1 is 1.27 bits per heavy atom. The summed E-state index contributed by atoms with van der Waals surface area (Å²) in [7, 11) is 0. The molecule has 84 valence electrons. The summed E-state index contributed by atoms with van der Waals surface area (Å²) in [5, 5.41) is 3.40. The van der Waals surface area contributed by atoms with Crippen molar-refractivity contribution in [3.05, 3.63) is 30.1 Å². The first-order chi connectivity index (χ1) is 7.20. The van der Waals surface area contributed by atoms with Crippen molar-refractivity contribution in [3.63, 3.8) is 0 Å². The molecule has 0 amide bonds. The van der Waals surface area contributed by atoms with Gasteiger partial charge in [-0.3, -0.25) is 4.98 Å². The van der Waals surface area contributed by atoms with Crippen molar-refractivity contribution >= 4 is 0 Å². The number of hydrogen-bond acceptors (Lipinski definition) is 3. The highest BCUT2D eigenvalue weighted by Crippen LogP contribution is 2.09. The van der Waals surface area contributed by atoms with Crippen molar-refractivity contribution in [1.29, 1.82) is 0 Å². The lowest BCUT2D eigenvalue weighted by Gasteiger charge is -2.14. The molecule has 0 bridgehead atoms. The lowest BCUT2D eigenvalue weighted by molar-refractivity contribution is 0.0796. The van der Waals surface area contributed by atoms with Crippen molar-refractivity contribution in [1.82, 2.24) is 10.3 Å². The third-order valence-electron chi connectivity index (χ3n) is 2.21. The van der Waals surface area contributed by atoms with Crippen LogP contribution in [0.3, 0.4) is 0 Å². The van der Waals surface area contributed by atoms with Crippen LogP contribution in [-0.4, -0.2) is 24.2 Å². The zero-order valence-corrected chi connectivity index (χ0v) is 9.73. The van der Waals surface area contributed by atoms with Gasteiger partial charge < -0.3 is 10.1 Å². The van der Waals surface area contributed by atoms with E-state index in [0.717, 1.165) is 13.2 Å². The van der Waals surface area contributed by atoms with Gasteiger partial charge in [0.1, 0.15) is 0 Å². The molecule has 0 aliphatic rings. The average Bonchev–Trinajstić information content (AvgIpc) is 2.25. The monoisotopic (exact) mass is 208 g/mol. The Morgan fingerprint density at radius 2 is 1.93 bits per heavy atom. The average molecular weight is 208 g/mol. The fraction of sp³-hybridized carbons (Fsp3) is 0.583. The number of ether oxygens (including phenoxy) is 1. The van der Waals surface area contributed by atoms with Crippen LogP contribution in [0, 0.1) is 0 Å². The molecule has 15 heavy (non-hydrogen) atoms. The highest BCUT2D eigenvalue weighted by molar-refractivity contribution is 5.13. The Bertz CT molecular complexity index is 262. The highest BCUT2D eigenvalue weighted by atomic mass is 16.5. The van der Waals surface area contributed by atoms with Crippen LogP contribution in [0.15, 0.2) is 24.5 Å². The molecule has 3 nitrogen and oxygen atoms in total. The van der Waals surface area contributed by atoms with Crippen molar-refractivity contribution in [2.24, 2.45) is 0 Å². The van der Waals surface area contributed by atoms with E-state index in [-0.39, 0.29) is 0 Å². The number of nitrogens with one attached hydrogen (secondary N) is 1. The molecule has 0 aliphatic carbocycles. The topological polar surface area (TPSA) is 34.1 Å². The normalized spacial score (nSPS) is 13.1. The summed E-state index contributed by atoms with van der Waals surface area (Å²) in [6.45, 7) is 7.87. The molecule has 1 aromatic heterocycles. The molecule has 1 atom stereocenters. The minimum Gasteiger partial charge on any atom is -0.377 e. The van der Waals surface area contributed by atoms with Crippen LogP contribution in [0.5, 0.6) is 0 Å². The van der Waals surface area contributed by atoms with Crippen molar-refractivity contribution in [2.45, 2.75) is 32.9 Å². The molecule has 0 spiro atoms. The summed E-state index contributed by atoms with van der Waals surface area (Å²) in [6, 6.07) is 4.41. The van der Waals surface area contributed by atoms with Gasteiger partial charge in [-0.2, -0.15) is 0 Å². The third kappa shape index (κ3) is 4.91. The highest BCUT2D eigenvalue weighted by Gasteiger charge is 2.03. The number of aromatic nitrogens is 1. The van der Waals surface area contributed by atoms with E-state index in [4.69, 9.17) is 4.74 Å². The Kier molecular flexibility index (Phi) is 5.29. The van der Waals surface area contributed by atoms with Gasteiger partial charge in [0.15, 0.2) is 0 Å². The van der Waals surface area contributed by atoms with E-state index in [1.54, 1.807) is 0 Å². The van der Waals surface area contributed by atoms with E-state index < -0.39 is 0 Å². The third-order valence-corrected chi connectivity index (χ3v) is 2.21. The first-order valence-electron chi connectivity index (χ1n) is 5.45. The maximum Gasteiger partial charge on any atom is 0.0594 e. The molecular weight excluding hydrogens is 188 g/mol. The van der Waals surface area contributed by atoms with E-state index in [2.05, 4.69) is 17.2 Å². The lowest BCUT2D eigenvalue weighted by Crippen LogP contribution is -2.24. The lowest BCUT2D eigenvalue weighted by atomic mass is 10.1. The Morgan fingerprint density at radius 3 is 2.53 bits per heavy atom. The van der Waals surface area contributed by atoms with E-state index >= 15 is 0 Å².